The van der Waals surface area contributed by atoms with Crippen molar-refractivity contribution in [1.82, 2.24) is 9.78 Å². The third-order valence-electron chi connectivity index (χ3n) is 1.30. The van der Waals surface area contributed by atoms with Crippen LogP contribution in [0.1, 0.15) is 0 Å². The zero-order chi connectivity index (χ0) is 9.14. The molecule has 3 N–H and O–H groups in total. The lowest BCUT2D eigenvalue weighted by molar-refractivity contribution is 0.770. The minimum absolute atomic E-state index is 0.475. The van der Waals surface area contributed by atoms with Crippen LogP contribution in [0.3, 0.4) is 0 Å². The molecule has 66 valence electrons. The molecular formula is C7H11ClN4. The van der Waals surface area contributed by atoms with Crippen LogP contribution in [0.15, 0.2) is 17.8 Å². The molecular weight excluding hydrogens is 176 g/mol. The van der Waals surface area contributed by atoms with E-state index in [0.717, 1.165) is 0 Å². The molecule has 0 amide bonds. The predicted octanol–water partition coefficient (Wildman–Crippen LogP) is 1.17. The van der Waals surface area contributed by atoms with Crippen molar-refractivity contribution in [2.75, 3.05) is 17.6 Å². The monoisotopic (exact) mass is 186 g/mol. The molecule has 4 nitrogen and oxygen atoms in total. The summed E-state index contributed by atoms with van der Waals surface area (Å²) in [6, 6.07) is 0. The summed E-state index contributed by atoms with van der Waals surface area (Å²) in [4.78, 5) is 0. The molecule has 0 saturated heterocycles. The molecule has 0 atom stereocenters. The Bertz CT molecular complexity index is 292. The van der Waals surface area contributed by atoms with Crippen LogP contribution in [0.5, 0.6) is 0 Å². The largest absolute Gasteiger partial charge is 0.394 e. The lowest BCUT2D eigenvalue weighted by Gasteiger charge is -2.00. The minimum Gasteiger partial charge on any atom is -0.394 e. The number of rotatable bonds is 3. The molecule has 0 fully saturated rings. The molecule has 0 saturated carbocycles. The van der Waals surface area contributed by atoms with E-state index >= 15 is 0 Å². The molecule has 0 radical (unpaired) electrons. The average molecular weight is 187 g/mol. The van der Waals surface area contributed by atoms with Crippen molar-refractivity contribution in [2.45, 2.75) is 0 Å². The van der Waals surface area contributed by atoms with Crippen LogP contribution in [0, 0.1) is 0 Å². The van der Waals surface area contributed by atoms with Gasteiger partial charge in [0.1, 0.15) is 0 Å². The molecule has 0 bridgehead atoms. The van der Waals surface area contributed by atoms with Gasteiger partial charge in [-0.15, -0.1) is 0 Å². The van der Waals surface area contributed by atoms with Crippen molar-refractivity contribution in [2.24, 2.45) is 7.05 Å². The fourth-order valence-corrected chi connectivity index (χ4v) is 0.891. The van der Waals surface area contributed by atoms with E-state index in [2.05, 4.69) is 17.0 Å². The van der Waals surface area contributed by atoms with E-state index in [1.165, 1.54) is 0 Å². The number of hydrogen-bond acceptors (Lipinski definition) is 3. The van der Waals surface area contributed by atoms with Gasteiger partial charge in [0, 0.05) is 18.3 Å². The number of anilines is 2. The van der Waals surface area contributed by atoms with Crippen LogP contribution in [-0.2, 0) is 7.05 Å². The third-order valence-corrected chi connectivity index (χ3v) is 1.44. The summed E-state index contributed by atoms with van der Waals surface area (Å²) < 4.78 is 1.63. The normalized spacial score (nSPS) is 9.83. The topological polar surface area (TPSA) is 55.9 Å². The van der Waals surface area contributed by atoms with Gasteiger partial charge in [0.25, 0.3) is 0 Å². The summed E-state index contributed by atoms with van der Waals surface area (Å²) in [7, 11) is 1.80. The van der Waals surface area contributed by atoms with E-state index in [0.29, 0.717) is 23.1 Å². The Morgan fingerprint density at radius 2 is 2.58 bits per heavy atom. The first-order valence-corrected chi connectivity index (χ1v) is 3.83. The first kappa shape index (κ1) is 8.93. The molecule has 1 aromatic rings. The number of aryl methyl sites for hydroxylation is 1. The molecule has 5 heteroatoms. The maximum atomic E-state index is 5.61. The second kappa shape index (κ2) is 3.49. The molecule has 0 unspecified atom stereocenters. The predicted molar refractivity (Wildman–Crippen MR) is 51.1 cm³/mol. The van der Waals surface area contributed by atoms with E-state index in [1.54, 1.807) is 17.9 Å². The first-order chi connectivity index (χ1) is 5.59. The van der Waals surface area contributed by atoms with Crippen LogP contribution in [0.25, 0.3) is 0 Å². The lowest BCUT2D eigenvalue weighted by Crippen LogP contribution is -2.03. The molecule has 0 aliphatic carbocycles. The van der Waals surface area contributed by atoms with Gasteiger partial charge >= 0.3 is 0 Å². The van der Waals surface area contributed by atoms with Crippen LogP contribution in [-0.4, -0.2) is 16.3 Å². The van der Waals surface area contributed by atoms with Crippen molar-refractivity contribution in [3.63, 3.8) is 0 Å². The maximum Gasteiger partial charge on any atom is 0.171 e. The van der Waals surface area contributed by atoms with Crippen molar-refractivity contribution in [3.05, 3.63) is 17.8 Å². The molecule has 0 aliphatic rings. The van der Waals surface area contributed by atoms with Crippen LogP contribution in [0.2, 0.25) is 0 Å². The van der Waals surface area contributed by atoms with E-state index in [4.69, 9.17) is 17.3 Å². The number of nitrogens with two attached hydrogens (primary N) is 1. The van der Waals surface area contributed by atoms with Gasteiger partial charge in [0.2, 0.25) is 0 Å². The van der Waals surface area contributed by atoms with Crippen molar-refractivity contribution in [1.29, 1.82) is 0 Å². The quantitative estimate of drug-likeness (QED) is 0.745. The Labute approximate surface area is 76.0 Å². The number of hydrogen-bond donors (Lipinski definition) is 2. The van der Waals surface area contributed by atoms with Crippen LogP contribution >= 0.6 is 11.6 Å². The molecule has 1 rings (SSSR count). The molecule has 1 heterocycles. The molecule has 1 aromatic heterocycles. The van der Waals surface area contributed by atoms with E-state index in [-0.39, 0.29) is 0 Å². The van der Waals surface area contributed by atoms with Gasteiger partial charge in [0.15, 0.2) is 5.82 Å². The first-order valence-electron chi connectivity index (χ1n) is 3.46. The van der Waals surface area contributed by atoms with Gasteiger partial charge in [-0.3, -0.25) is 4.68 Å². The maximum absolute atomic E-state index is 5.61. The highest BCUT2D eigenvalue weighted by Gasteiger charge is 2.02. The van der Waals surface area contributed by atoms with Gasteiger partial charge in [-0.25, -0.2) is 0 Å². The van der Waals surface area contributed by atoms with Gasteiger partial charge in [-0.1, -0.05) is 18.2 Å². The Morgan fingerprint density at radius 3 is 3.00 bits per heavy atom. The van der Waals surface area contributed by atoms with E-state index in [9.17, 15) is 0 Å². The van der Waals surface area contributed by atoms with Crippen molar-refractivity contribution >= 4 is 23.1 Å². The second-order valence-electron chi connectivity index (χ2n) is 2.48. The number of nitrogens with one attached hydrogen (secondary N) is 1. The summed E-state index contributed by atoms with van der Waals surface area (Å²) in [6.07, 6.45) is 1.72. The Kier molecular flexibility index (Phi) is 2.60. The zero-order valence-corrected chi connectivity index (χ0v) is 7.60. The average Bonchev–Trinajstić information content (AvgIpc) is 2.26. The minimum atomic E-state index is 0.475. The Morgan fingerprint density at radius 1 is 1.92 bits per heavy atom. The second-order valence-corrected chi connectivity index (χ2v) is 3.01. The van der Waals surface area contributed by atoms with Crippen LogP contribution < -0.4 is 11.1 Å². The third kappa shape index (κ3) is 2.17. The summed E-state index contributed by atoms with van der Waals surface area (Å²) in [5, 5.41) is 7.54. The fraction of sp³-hybridized carbons (Fsp3) is 0.286. The van der Waals surface area contributed by atoms with Gasteiger partial charge < -0.3 is 11.1 Å². The number of nitrogen functional groups attached to an aromatic ring is 1. The number of nitrogens with zero attached hydrogens (tertiary/aromatic N) is 2. The fourth-order valence-electron chi connectivity index (χ4n) is 0.824. The summed E-state index contributed by atoms with van der Waals surface area (Å²) in [6.45, 7) is 4.01. The lowest BCUT2D eigenvalue weighted by atomic mass is 10.5. The molecule has 0 aliphatic heterocycles. The molecule has 0 spiro atoms. The number of halogens is 1. The van der Waals surface area contributed by atoms with E-state index in [1.807, 2.05) is 0 Å². The van der Waals surface area contributed by atoms with E-state index < -0.39 is 0 Å². The number of aromatic nitrogens is 2. The van der Waals surface area contributed by atoms with Gasteiger partial charge in [0.05, 0.1) is 12.2 Å². The summed E-state index contributed by atoms with van der Waals surface area (Å²) >= 11 is 5.55. The highest BCUT2D eigenvalue weighted by molar-refractivity contribution is 6.29. The Hall–Kier alpha value is -1.16. The SMILES string of the molecule is C=C(Cl)CNc1nn(C)cc1N. The Balaban J connectivity index is 2.62. The molecule has 0 aromatic carbocycles. The van der Waals surface area contributed by atoms with Crippen molar-refractivity contribution < 1.29 is 0 Å². The summed E-state index contributed by atoms with van der Waals surface area (Å²) in [5.74, 6) is 0.638. The highest BCUT2D eigenvalue weighted by atomic mass is 35.5. The van der Waals surface area contributed by atoms with Gasteiger partial charge in [-0.2, -0.15) is 5.10 Å². The van der Waals surface area contributed by atoms with Gasteiger partial charge in [-0.05, 0) is 0 Å². The molecule has 12 heavy (non-hydrogen) atoms. The smallest absolute Gasteiger partial charge is 0.171 e. The van der Waals surface area contributed by atoms with Crippen LogP contribution in [0.4, 0.5) is 11.5 Å². The van der Waals surface area contributed by atoms with Crippen molar-refractivity contribution in [3.8, 4) is 0 Å². The summed E-state index contributed by atoms with van der Waals surface area (Å²) in [5.41, 5.74) is 6.22. The highest BCUT2D eigenvalue weighted by Crippen LogP contribution is 2.14. The zero-order valence-electron chi connectivity index (χ0n) is 6.84. The standard InChI is InChI=1S/C7H11ClN4/c1-5(8)3-10-7-6(9)4-12(2)11-7/h4H,1,3,9H2,2H3,(H,10,11).